The highest BCUT2D eigenvalue weighted by atomic mass is 15.4. The number of rotatable bonds is 19. The fourth-order valence-electron chi connectivity index (χ4n) is 9.90. The van der Waals surface area contributed by atoms with Crippen molar-refractivity contribution in [1.29, 1.82) is 0 Å². The molecule has 0 aliphatic carbocycles. The molecule has 0 aliphatic heterocycles. The van der Waals surface area contributed by atoms with Crippen LogP contribution in [-0.2, 0) is 0 Å². The summed E-state index contributed by atoms with van der Waals surface area (Å²) in [6.45, 7) is 89.4. The summed E-state index contributed by atoms with van der Waals surface area (Å²) in [4.78, 5) is 15.8. The van der Waals surface area contributed by atoms with Crippen molar-refractivity contribution in [2.75, 3.05) is 42.3 Å². The Kier molecular flexibility index (Phi) is 26.0. The van der Waals surface area contributed by atoms with Crippen LogP contribution in [0, 0.1) is 28.6 Å². The van der Waals surface area contributed by atoms with Gasteiger partial charge < -0.3 is 0 Å². The van der Waals surface area contributed by atoms with Crippen LogP contribution in [0.4, 0.5) is 0 Å². The molecule has 0 rings (SSSR count). The Morgan fingerprint density at radius 3 is 0.597 bits per heavy atom. The summed E-state index contributed by atoms with van der Waals surface area (Å²) in [7, 11) is 13.9. The molecule has 0 aliphatic rings. The molecular formula is C61H136N6. The maximum Gasteiger partial charge on any atom is 0.0334 e. The first-order valence-electron chi connectivity index (χ1n) is 27.3. The zero-order valence-corrected chi connectivity index (χ0v) is 55.5. The monoisotopic (exact) mass is 953 g/mol. The first-order valence-corrected chi connectivity index (χ1v) is 27.3. The Hall–Kier alpha value is -0.240. The molecule has 0 N–H and O–H groups in total. The highest BCUT2D eigenvalue weighted by molar-refractivity contribution is 5.15. The van der Waals surface area contributed by atoms with Crippen LogP contribution in [0.15, 0.2) is 0 Å². The summed E-state index contributed by atoms with van der Waals surface area (Å²) in [5.41, 5.74) is 0.0695. The minimum Gasteiger partial charge on any atom is -0.296 e. The Morgan fingerprint density at radius 2 is 0.418 bits per heavy atom. The van der Waals surface area contributed by atoms with Gasteiger partial charge in [0.25, 0.3) is 0 Å². The molecule has 0 fully saturated rings. The van der Waals surface area contributed by atoms with Gasteiger partial charge in [0.15, 0.2) is 0 Å². The van der Waals surface area contributed by atoms with Gasteiger partial charge in [-0.05, 0) is 230 Å². The maximum atomic E-state index is 2.65. The Balaban J connectivity index is -0.000000551. The first-order chi connectivity index (χ1) is 28.9. The minimum atomic E-state index is -0.0856. The van der Waals surface area contributed by atoms with E-state index in [1.54, 1.807) is 0 Å². The topological polar surface area (TPSA) is 19.4 Å². The summed E-state index contributed by atoms with van der Waals surface area (Å²) in [5, 5.41) is 0. The van der Waals surface area contributed by atoms with Gasteiger partial charge in [-0.1, -0.05) is 104 Å². The van der Waals surface area contributed by atoms with Gasteiger partial charge in [-0.3, -0.25) is 29.4 Å². The van der Waals surface area contributed by atoms with Crippen molar-refractivity contribution in [3.05, 3.63) is 0 Å². The van der Waals surface area contributed by atoms with E-state index in [1.165, 1.54) is 0 Å². The van der Waals surface area contributed by atoms with Crippen LogP contribution in [0.1, 0.15) is 263 Å². The van der Waals surface area contributed by atoms with Crippen LogP contribution in [0.2, 0.25) is 0 Å². The molecule has 0 heterocycles. The van der Waals surface area contributed by atoms with Gasteiger partial charge in [-0.2, -0.15) is 0 Å². The van der Waals surface area contributed by atoms with E-state index in [-0.39, 0.29) is 71.8 Å². The SMILES string of the molecule is CC.CC.CC(C)[C@@H](C)N(C)C(C)(C)C(C)(C)N(C)C(C)(C)C(C)(C)N(C)C(C)(C)[C@@H](C)C(C)C.CN(C(C)(C)C(C)(C)C)C(C)(C)C(C)(C)N(C)C(C)(C)C(C)(C)N(C)C(C)(C)C(C)(C)C. The molecule has 410 valence electrons. The molecule has 0 radical (unpaired) electrons. The van der Waals surface area contributed by atoms with Crippen molar-refractivity contribution >= 4 is 0 Å². The molecule has 67 heavy (non-hydrogen) atoms. The fourth-order valence-corrected chi connectivity index (χ4v) is 9.90. The van der Waals surface area contributed by atoms with Gasteiger partial charge in [-0.25, -0.2) is 0 Å². The van der Waals surface area contributed by atoms with Crippen LogP contribution in [0.5, 0.6) is 0 Å². The van der Waals surface area contributed by atoms with Gasteiger partial charge >= 0.3 is 0 Å². The third-order valence-electron chi connectivity index (χ3n) is 22.6. The summed E-state index contributed by atoms with van der Waals surface area (Å²) in [5.74, 6) is 1.87. The van der Waals surface area contributed by atoms with Crippen LogP contribution < -0.4 is 0 Å². The van der Waals surface area contributed by atoms with Crippen LogP contribution >= 0.6 is 0 Å². The second-order valence-corrected chi connectivity index (χ2v) is 29.2. The van der Waals surface area contributed by atoms with E-state index in [2.05, 4.69) is 307 Å². The summed E-state index contributed by atoms with van der Waals surface area (Å²) in [6, 6.07) is 0.521. The molecule has 2 atom stereocenters. The van der Waals surface area contributed by atoms with Gasteiger partial charge in [-0.15, -0.1) is 0 Å². The van der Waals surface area contributed by atoms with Crippen LogP contribution in [0.3, 0.4) is 0 Å². The molecule has 0 aromatic carbocycles. The van der Waals surface area contributed by atoms with E-state index in [9.17, 15) is 0 Å². The zero-order chi connectivity index (χ0) is 56.3. The number of likely N-dealkylation sites (N-methyl/N-ethyl adjacent to an activating group) is 6. The van der Waals surface area contributed by atoms with Gasteiger partial charge in [0, 0.05) is 67.0 Å². The van der Waals surface area contributed by atoms with Crippen molar-refractivity contribution in [1.82, 2.24) is 29.4 Å². The average molecular weight is 954 g/mol. The van der Waals surface area contributed by atoms with E-state index >= 15 is 0 Å². The van der Waals surface area contributed by atoms with E-state index in [0.29, 0.717) is 23.8 Å². The van der Waals surface area contributed by atoms with E-state index in [4.69, 9.17) is 0 Å². The normalized spacial score (nSPS) is 16.1. The maximum absolute atomic E-state index is 2.65. The summed E-state index contributed by atoms with van der Waals surface area (Å²) < 4.78 is 0. The standard InChI is InChI=1S/C29H63N3.C28H61N3.2C2H6/c1-22(2,3)24(7,8)30(19)26(11,12)28(15,16)32(21)29(17,18)27(13,14)31(20)25(9,10)23(4,5)6;1-20(2)22(5)24(7,8)30(18)27(13,14)28(15,16)31(19)26(11,12)25(9,10)29(17)23(6)21(3)4;2*1-2/h1-21H3;20-23H,1-19H3;2*1-2H3/t;22-,23+;;/m.0../s1. The smallest absolute Gasteiger partial charge is 0.0334 e. The second-order valence-electron chi connectivity index (χ2n) is 29.2. The van der Waals surface area contributed by atoms with Crippen molar-refractivity contribution in [3.8, 4) is 0 Å². The third-order valence-corrected chi connectivity index (χ3v) is 22.6. The Bertz CT molecular complexity index is 1370. The van der Waals surface area contributed by atoms with Gasteiger partial charge in [0.2, 0.25) is 0 Å². The predicted octanol–water partition coefficient (Wildman–Crippen LogP) is 16.6. The molecule has 0 spiro atoms. The fraction of sp³-hybridized carbons (Fsp3) is 1.00. The Labute approximate surface area is 428 Å². The van der Waals surface area contributed by atoms with E-state index in [0.717, 1.165) is 0 Å². The Morgan fingerprint density at radius 1 is 0.239 bits per heavy atom. The molecule has 0 saturated heterocycles. The third kappa shape index (κ3) is 14.1. The molecule has 0 bridgehead atoms. The molecule has 0 aromatic heterocycles. The number of hydrogen-bond acceptors (Lipinski definition) is 6. The highest BCUT2D eigenvalue weighted by Gasteiger charge is 2.58. The predicted molar refractivity (Wildman–Crippen MR) is 311 cm³/mol. The highest BCUT2D eigenvalue weighted by Crippen LogP contribution is 2.49. The summed E-state index contributed by atoms with van der Waals surface area (Å²) >= 11 is 0. The van der Waals surface area contributed by atoms with Crippen LogP contribution in [0.25, 0.3) is 0 Å². The molecular weight excluding hydrogens is 817 g/mol. The molecule has 0 amide bonds. The molecule has 6 nitrogen and oxygen atoms in total. The molecule has 0 saturated carbocycles. The van der Waals surface area contributed by atoms with E-state index < -0.39 is 0 Å². The lowest BCUT2D eigenvalue weighted by atomic mass is 9.67. The van der Waals surface area contributed by atoms with Crippen molar-refractivity contribution in [2.24, 2.45) is 28.6 Å². The average Bonchev–Trinajstić information content (AvgIpc) is 3.18. The first kappa shape index (κ1) is 73.3. The largest absolute Gasteiger partial charge is 0.296 e. The second kappa shape index (κ2) is 23.7. The zero-order valence-electron chi connectivity index (χ0n) is 55.5. The van der Waals surface area contributed by atoms with Crippen molar-refractivity contribution in [2.45, 2.75) is 330 Å². The lowest BCUT2D eigenvalue weighted by molar-refractivity contribution is -0.152. The van der Waals surface area contributed by atoms with Gasteiger partial charge in [0.1, 0.15) is 0 Å². The lowest BCUT2D eigenvalue weighted by Gasteiger charge is -2.66. The number of hydrogen-bond donors (Lipinski definition) is 0. The van der Waals surface area contributed by atoms with Crippen molar-refractivity contribution < 1.29 is 0 Å². The van der Waals surface area contributed by atoms with Gasteiger partial charge in [0.05, 0.1) is 0 Å². The van der Waals surface area contributed by atoms with E-state index in [1.807, 2.05) is 27.7 Å². The molecule has 0 unspecified atom stereocenters. The molecule has 0 aromatic rings. The van der Waals surface area contributed by atoms with Crippen molar-refractivity contribution in [3.63, 3.8) is 0 Å². The summed E-state index contributed by atoms with van der Waals surface area (Å²) in [6.07, 6.45) is 0. The number of nitrogens with zero attached hydrogens (tertiary/aromatic N) is 6. The quantitative estimate of drug-likeness (QED) is 0.128. The molecule has 6 heteroatoms. The lowest BCUT2D eigenvalue weighted by Crippen LogP contribution is -2.77. The minimum absolute atomic E-state index is 0.00188. The van der Waals surface area contributed by atoms with Crippen LogP contribution in [-0.4, -0.2) is 139 Å².